The highest BCUT2D eigenvalue weighted by Crippen LogP contribution is 2.22. The maximum Gasteiger partial charge on any atom is 0.154 e. The number of thiocarbonyl (C=S) groups is 1. The van der Waals surface area contributed by atoms with Crippen molar-refractivity contribution in [3.05, 3.63) is 52.8 Å². The first-order chi connectivity index (χ1) is 9.56. The highest BCUT2D eigenvalue weighted by Gasteiger charge is 2.11. The lowest BCUT2D eigenvalue weighted by Gasteiger charge is -2.08. The second-order valence-corrected chi connectivity index (χ2v) is 5.26. The molecule has 0 aliphatic heterocycles. The fraction of sp³-hybridized carbons (Fsp3) is 0.0714. The molecule has 6 heteroatoms. The third-order valence-electron chi connectivity index (χ3n) is 3.04. The van der Waals surface area contributed by atoms with E-state index in [1.807, 2.05) is 37.3 Å². The number of para-hydroxylation sites is 1. The molecule has 0 saturated heterocycles. The van der Waals surface area contributed by atoms with E-state index in [9.17, 15) is 0 Å². The molecule has 1 aromatic carbocycles. The molecular formula is C14H11ClN4S. The van der Waals surface area contributed by atoms with Crippen molar-refractivity contribution in [3.63, 3.8) is 0 Å². The van der Waals surface area contributed by atoms with Gasteiger partial charge < -0.3 is 5.73 Å². The van der Waals surface area contributed by atoms with Gasteiger partial charge in [0.2, 0.25) is 0 Å². The number of hydrogen-bond donors (Lipinski definition) is 1. The second kappa shape index (κ2) is 4.85. The van der Waals surface area contributed by atoms with Crippen LogP contribution >= 0.6 is 23.8 Å². The van der Waals surface area contributed by atoms with Gasteiger partial charge in [0.15, 0.2) is 5.82 Å². The molecular weight excluding hydrogens is 292 g/mol. The van der Waals surface area contributed by atoms with Crippen molar-refractivity contribution in [3.8, 4) is 5.82 Å². The highest BCUT2D eigenvalue weighted by atomic mass is 35.5. The zero-order valence-corrected chi connectivity index (χ0v) is 12.2. The van der Waals surface area contributed by atoms with Crippen molar-refractivity contribution in [2.45, 2.75) is 6.92 Å². The zero-order chi connectivity index (χ0) is 14.3. The van der Waals surface area contributed by atoms with E-state index in [2.05, 4.69) is 10.1 Å². The van der Waals surface area contributed by atoms with E-state index < -0.39 is 0 Å². The van der Waals surface area contributed by atoms with Crippen LogP contribution in [0.5, 0.6) is 0 Å². The first-order valence-electron chi connectivity index (χ1n) is 5.98. The summed E-state index contributed by atoms with van der Waals surface area (Å²) in [7, 11) is 0. The predicted molar refractivity (Wildman–Crippen MR) is 84.5 cm³/mol. The zero-order valence-electron chi connectivity index (χ0n) is 10.7. The molecule has 20 heavy (non-hydrogen) atoms. The lowest BCUT2D eigenvalue weighted by Crippen LogP contribution is -2.12. The van der Waals surface area contributed by atoms with Crippen molar-refractivity contribution < 1.29 is 0 Å². The van der Waals surface area contributed by atoms with Gasteiger partial charge in [-0.05, 0) is 19.1 Å². The molecule has 2 heterocycles. The Balaban J connectivity index is 2.29. The maximum absolute atomic E-state index is 6.04. The summed E-state index contributed by atoms with van der Waals surface area (Å²) < 4.78 is 1.63. The number of hydrogen-bond acceptors (Lipinski definition) is 3. The molecule has 0 bridgehead atoms. The van der Waals surface area contributed by atoms with Gasteiger partial charge in [0.25, 0.3) is 0 Å². The van der Waals surface area contributed by atoms with E-state index in [1.165, 1.54) is 0 Å². The summed E-state index contributed by atoms with van der Waals surface area (Å²) >= 11 is 11.2. The van der Waals surface area contributed by atoms with Gasteiger partial charge in [-0.3, -0.25) is 0 Å². The first-order valence-corrected chi connectivity index (χ1v) is 6.76. The Morgan fingerprint density at radius 1 is 1.35 bits per heavy atom. The van der Waals surface area contributed by atoms with Crippen LogP contribution in [-0.4, -0.2) is 19.8 Å². The topological polar surface area (TPSA) is 56.7 Å². The SMILES string of the molecule is Cc1nn(-c2cc(C(N)=S)c3ccccc3n2)cc1Cl. The Morgan fingerprint density at radius 2 is 2.10 bits per heavy atom. The third-order valence-corrected chi connectivity index (χ3v) is 3.63. The van der Waals surface area contributed by atoms with Gasteiger partial charge in [-0.25, -0.2) is 9.67 Å². The number of pyridine rings is 1. The number of aryl methyl sites for hydroxylation is 1. The molecule has 0 amide bonds. The van der Waals surface area contributed by atoms with Gasteiger partial charge >= 0.3 is 0 Å². The van der Waals surface area contributed by atoms with Crippen LogP contribution in [-0.2, 0) is 0 Å². The van der Waals surface area contributed by atoms with Crippen LogP contribution in [0.15, 0.2) is 36.5 Å². The van der Waals surface area contributed by atoms with Crippen molar-refractivity contribution >= 4 is 39.7 Å². The molecule has 0 spiro atoms. The highest BCUT2D eigenvalue weighted by molar-refractivity contribution is 7.80. The standard InChI is InChI=1S/C14H11ClN4S/c1-8-11(15)7-19(18-8)13-6-10(14(16)20)9-4-2-3-5-12(9)17-13/h2-7H,1H3,(H2,16,20). The molecule has 0 aliphatic rings. The van der Waals surface area contributed by atoms with Gasteiger partial charge in [0.1, 0.15) is 4.99 Å². The molecule has 100 valence electrons. The smallest absolute Gasteiger partial charge is 0.154 e. The Morgan fingerprint density at radius 3 is 2.75 bits per heavy atom. The van der Waals surface area contributed by atoms with Crippen LogP contribution in [0.4, 0.5) is 0 Å². The molecule has 0 saturated carbocycles. The summed E-state index contributed by atoms with van der Waals surface area (Å²) in [5, 5.41) is 5.85. The van der Waals surface area contributed by atoms with Crippen LogP contribution in [0.1, 0.15) is 11.3 Å². The van der Waals surface area contributed by atoms with Crippen molar-refractivity contribution in [2.75, 3.05) is 0 Å². The van der Waals surface area contributed by atoms with E-state index in [0.29, 0.717) is 15.8 Å². The Bertz CT molecular complexity index is 806. The van der Waals surface area contributed by atoms with Gasteiger partial charge in [-0.15, -0.1) is 0 Å². The number of nitrogens with two attached hydrogens (primary N) is 1. The molecule has 2 aromatic heterocycles. The molecule has 0 aliphatic carbocycles. The van der Waals surface area contributed by atoms with Crippen LogP contribution < -0.4 is 5.73 Å². The van der Waals surface area contributed by atoms with Crippen LogP contribution in [0.2, 0.25) is 5.02 Å². The van der Waals surface area contributed by atoms with E-state index in [-0.39, 0.29) is 0 Å². The lowest BCUT2D eigenvalue weighted by atomic mass is 10.1. The summed E-state index contributed by atoms with van der Waals surface area (Å²) in [6.45, 7) is 1.84. The molecule has 4 nitrogen and oxygen atoms in total. The molecule has 0 fully saturated rings. The normalized spacial score (nSPS) is 10.9. The summed E-state index contributed by atoms with van der Waals surface area (Å²) in [5.74, 6) is 0.640. The molecule has 0 unspecified atom stereocenters. The van der Waals surface area contributed by atoms with Crippen LogP contribution in [0.25, 0.3) is 16.7 Å². The quantitative estimate of drug-likeness (QED) is 0.739. The monoisotopic (exact) mass is 302 g/mol. The largest absolute Gasteiger partial charge is 0.389 e. The minimum Gasteiger partial charge on any atom is -0.389 e. The van der Waals surface area contributed by atoms with Gasteiger partial charge in [0.05, 0.1) is 22.4 Å². The molecule has 3 aromatic rings. The number of nitrogens with zero attached hydrogens (tertiary/aromatic N) is 3. The fourth-order valence-corrected chi connectivity index (χ4v) is 2.34. The van der Waals surface area contributed by atoms with E-state index >= 15 is 0 Å². The average Bonchev–Trinajstić information content (AvgIpc) is 2.77. The summed E-state index contributed by atoms with van der Waals surface area (Å²) in [6, 6.07) is 9.54. The minimum atomic E-state index is 0.333. The summed E-state index contributed by atoms with van der Waals surface area (Å²) in [5.41, 5.74) is 8.16. The average molecular weight is 303 g/mol. The van der Waals surface area contributed by atoms with Crippen molar-refractivity contribution in [2.24, 2.45) is 5.73 Å². The lowest BCUT2D eigenvalue weighted by molar-refractivity contribution is 0.837. The minimum absolute atomic E-state index is 0.333. The molecule has 0 radical (unpaired) electrons. The molecule has 2 N–H and O–H groups in total. The van der Waals surface area contributed by atoms with E-state index in [0.717, 1.165) is 22.2 Å². The number of fused-ring (bicyclic) bond motifs is 1. The van der Waals surface area contributed by atoms with E-state index in [4.69, 9.17) is 29.6 Å². The van der Waals surface area contributed by atoms with Crippen molar-refractivity contribution in [1.82, 2.24) is 14.8 Å². The van der Waals surface area contributed by atoms with E-state index in [1.54, 1.807) is 10.9 Å². The van der Waals surface area contributed by atoms with Crippen molar-refractivity contribution in [1.29, 1.82) is 0 Å². The second-order valence-electron chi connectivity index (χ2n) is 4.42. The molecule has 0 atom stereocenters. The van der Waals surface area contributed by atoms with Gasteiger partial charge in [-0.1, -0.05) is 42.0 Å². The predicted octanol–water partition coefficient (Wildman–Crippen LogP) is 3.02. The number of rotatable bonds is 2. The molecule has 3 rings (SSSR count). The van der Waals surface area contributed by atoms with Crippen LogP contribution in [0, 0.1) is 6.92 Å². The third kappa shape index (κ3) is 2.15. The summed E-state index contributed by atoms with van der Waals surface area (Å²) in [4.78, 5) is 4.90. The maximum atomic E-state index is 6.04. The van der Waals surface area contributed by atoms with Gasteiger partial charge in [-0.2, -0.15) is 5.10 Å². The Kier molecular flexibility index (Phi) is 3.16. The first kappa shape index (κ1) is 13.0. The number of aromatic nitrogens is 3. The Labute approximate surface area is 126 Å². The summed E-state index contributed by atoms with van der Waals surface area (Å²) in [6.07, 6.45) is 1.72. The van der Waals surface area contributed by atoms with Crippen LogP contribution in [0.3, 0.4) is 0 Å². The van der Waals surface area contributed by atoms with Gasteiger partial charge in [0, 0.05) is 10.9 Å². The number of halogens is 1. The number of benzene rings is 1. The fourth-order valence-electron chi connectivity index (χ4n) is 2.04. The Hall–Kier alpha value is -1.98.